The molecule has 0 unspecified atom stereocenters. The Morgan fingerprint density at radius 2 is 1.78 bits per heavy atom. The molecule has 1 saturated heterocycles. The van der Waals surface area contributed by atoms with Crippen LogP contribution in [0.15, 0.2) is 54.6 Å². The zero-order valence-corrected chi connectivity index (χ0v) is 15.6. The van der Waals surface area contributed by atoms with Crippen LogP contribution in [0.3, 0.4) is 0 Å². The number of carbonyl (C=O) groups is 2. The van der Waals surface area contributed by atoms with E-state index in [0.717, 1.165) is 5.56 Å². The summed E-state index contributed by atoms with van der Waals surface area (Å²) < 4.78 is 6.21. The molecule has 0 radical (unpaired) electrons. The first-order chi connectivity index (χ1) is 13.1. The Kier molecular flexibility index (Phi) is 4.75. The summed E-state index contributed by atoms with van der Waals surface area (Å²) in [5.74, 6) is 0.731. The van der Waals surface area contributed by atoms with Crippen molar-refractivity contribution in [3.8, 4) is 5.75 Å². The molecular formula is C22H20ClNO3. The Bertz CT molecular complexity index is 913. The topological polar surface area (TPSA) is 46.6 Å². The van der Waals surface area contributed by atoms with E-state index in [1.54, 1.807) is 23.1 Å². The Morgan fingerprint density at radius 3 is 2.56 bits per heavy atom. The lowest BCUT2D eigenvalue weighted by molar-refractivity contribution is -0.129. The summed E-state index contributed by atoms with van der Waals surface area (Å²) in [6.07, 6.45) is 4.98. The average molecular weight is 382 g/mol. The van der Waals surface area contributed by atoms with Crippen LogP contribution in [0.4, 0.5) is 0 Å². The predicted molar refractivity (Wildman–Crippen MR) is 105 cm³/mol. The van der Waals surface area contributed by atoms with Crippen LogP contribution < -0.4 is 4.74 Å². The Balaban J connectivity index is 1.41. The molecule has 1 fully saturated rings. The SMILES string of the molecule is O=C1CC2(CCN(C(=O)/C=C/c3ccccc3Cl)CC2)Oc2ccccc21. The van der Waals surface area contributed by atoms with Crippen molar-refractivity contribution in [2.45, 2.75) is 24.9 Å². The highest BCUT2D eigenvalue weighted by Crippen LogP contribution is 2.39. The fourth-order valence-corrected chi connectivity index (χ4v) is 3.93. The van der Waals surface area contributed by atoms with Crippen molar-refractivity contribution >= 4 is 29.4 Å². The summed E-state index contributed by atoms with van der Waals surface area (Å²) in [4.78, 5) is 26.8. The molecule has 5 heteroatoms. The average Bonchev–Trinajstić information content (AvgIpc) is 2.68. The highest BCUT2D eigenvalue weighted by Gasteiger charge is 2.43. The van der Waals surface area contributed by atoms with E-state index in [2.05, 4.69) is 0 Å². The van der Waals surface area contributed by atoms with Gasteiger partial charge in [0.1, 0.15) is 11.4 Å². The van der Waals surface area contributed by atoms with E-state index in [1.165, 1.54) is 0 Å². The van der Waals surface area contributed by atoms with E-state index in [-0.39, 0.29) is 11.7 Å². The largest absolute Gasteiger partial charge is 0.486 e. The third-order valence-electron chi connectivity index (χ3n) is 5.29. The normalized spacial score (nSPS) is 18.4. The number of para-hydroxylation sites is 1. The number of fused-ring (bicyclic) bond motifs is 1. The lowest BCUT2D eigenvalue weighted by Gasteiger charge is -2.43. The zero-order valence-electron chi connectivity index (χ0n) is 14.9. The van der Waals surface area contributed by atoms with Crippen LogP contribution in [0.25, 0.3) is 6.08 Å². The van der Waals surface area contributed by atoms with Gasteiger partial charge < -0.3 is 9.64 Å². The highest BCUT2D eigenvalue weighted by atomic mass is 35.5. The van der Waals surface area contributed by atoms with Crippen molar-refractivity contribution in [2.75, 3.05) is 13.1 Å². The van der Waals surface area contributed by atoms with Gasteiger partial charge in [-0.15, -0.1) is 0 Å². The number of ether oxygens (including phenoxy) is 1. The Morgan fingerprint density at radius 1 is 1.07 bits per heavy atom. The number of piperidine rings is 1. The van der Waals surface area contributed by atoms with Crippen LogP contribution in [-0.4, -0.2) is 35.3 Å². The van der Waals surface area contributed by atoms with Crippen molar-refractivity contribution < 1.29 is 14.3 Å². The van der Waals surface area contributed by atoms with Crippen LogP contribution in [0.1, 0.15) is 35.2 Å². The summed E-state index contributed by atoms with van der Waals surface area (Å²) in [5, 5.41) is 0.618. The molecule has 2 aliphatic heterocycles. The number of amides is 1. The van der Waals surface area contributed by atoms with Gasteiger partial charge in [-0.1, -0.05) is 41.9 Å². The van der Waals surface area contributed by atoms with Crippen molar-refractivity contribution in [1.29, 1.82) is 0 Å². The van der Waals surface area contributed by atoms with E-state index in [0.29, 0.717) is 48.7 Å². The van der Waals surface area contributed by atoms with Gasteiger partial charge in [0.2, 0.25) is 5.91 Å². The van der Waals surface area contributed by atoms with Crippen LogP contribution in [-0.2, 0) is 4.79 Å². The maximum absolute atomic E-state index is 12.5. The van der Waals surface area contributed by atoms with Gasteiger partial charge in [0.05, 0.1) is 12.0 Å². The molecule has 2 aromatic rings. The van der Waals surface area contributed by atoms with Crippen LogP contribution in [0, 0.1) is 0 Å². The first-order valence-electron chi connectivity index (χ1n) is 9.09. The molecule has 4 nitrogen and oxygen atoms in total. The lowest BCUT2D eigenvalue weighted by Crippen LogP contribution is -2.52. The van der Waals surface area contributed by atoms with Gasteiger partial charge >= 0.3 is 0 Å². The van der Waals surface area contributed by atoms with Gasteiger partial charge in [0, 0.05) is 37.0 Å². The number of carbonyl (C=O) groups excluding carboxylic acids is 2. The maximum Gasteiger partial charge on any atom is 0.246 e. The van der Waals surface area contributed by atoms with Crippen LogP contribution in [0.2, 0.25) is 5.02 Å². The van der Waals surface area contributed by atoms with Crippen molar-refractivity contribution in [3.05, 3.63) is 70.8 Å². The number of Topliss-reactive ketones (excluding diaryl/α,β-unsaturated/α-hetero) is 1. The molecular weight excluding hydrogens is 362 g/mol. The smallest absolute Gasteiger partial charge is 0.246 e. The Hall–Kier alpha value is -2.59. The summed E-state index contributed by atoms with van der Waals surface area (Å²) in [5.41, 5.74) is 0.984. The zero-order chi connectivity index (χ0) is 18.9. The standard InChI is InChI=1S/C22H20ClNO3/c23-18-7-3-1-5-16(18)9-10-21(26)24-13-11-22(12-14-24)15-19(25)17-6-2-4-8-20(17)27-22/h1-10H,11-15H2/b10-9+. The summed E-state index contributed by atoms with van der Waals surface area (Å²) >= 11 is 6.12. The number of benzene rings is 2. The molecule has 0 N–H and O–H groups in total. The molecule has 4 rings (SSSR count). The molecule has 2 heterocycles. The molecule has 0 aromatic heterocycles. The van der Waals surface area contributed by atoms with E-state index in [9.17, 15) is 9.59 Å². The number of hydrogen-bond donors (Lipinski definition) is 0. The first kappa shape index (κ1) is 17.8. The maximum atomic E-state index is 12.5. The second kappa shape index (κ2) is 7.20. The van der Waals surface area contributed by atoms with Gasteiger partial charge in [-0.25, -0.2) is 0 Å². The number of hydrogen-bond acceptors (Lipinski definition) is 3. The fraction of sp³-hybridized carbons (Fsp3) is 0.273. The van der Waals surface area contributed by atoms with Gasteiger partial charge in [-0.3, -0.25) is 9.59 Å². The van der Waals surface area contributed by atoms with Gasteiger partial charge in [0.25, 0.3) is 0 Å². The predicted octanol–water partition coefficient (Wildman–Crippen LogP) is 4.38. The second-order valence-corrected chi connectivity index (χ2v) is 7.47. The Labute approximate surface area is 163 Å². The van der Waals surface area contributed by atoms with E-state index in [1.807, 2.05) is 42.5 Å². The van der Waals surface area contributed by atoms with Gasteiger partial charge in [-0.2, -0.15) is 0 Å². The highest BCUT2D eigenvalue weighted by molar-refractivity contribution is 6.32. The molecule has 1 spiro atoms. The molecule has 0 bridgehead atoms. The number of halogens is 1. The van der Waals surface area contributed by atoms with Crippen molar-refractivity contribution in [3.63, 3.8) is 0 Å². The molecule has 0 atom stereocenters. The third-order valence-corrected chi connectivity index (χ3v) is 5.64. The van der Waals surface area contributed by atoms with Crippen molar-refractivity contribution in [2.24, 2.45) is 0 Å². The summed E-state index contributed by atoms with van der Waals surface area (Å²) in [6, 6.07) is 14.8. The van der Waals surface area contributed by atoms with E-state index >= 15 is 0 Å². The molecule has 0 saturated carbocycles. The van der Waals surface area contributed by atoms with Crippen molar-refractivity contribution in [1.82, 2.24) is 4.90 Å². The minimum absolute atomic E-state index is 0.0488. The van der Waals surface area contributed by atoms with Gasteiger partial charge in [0.15, 0.2) is 5.78 Å². The molecule has 2 aliphatic rings. The summed E-state index contributed by atoms with van der Waals surface area (Å²) in [7, 11) is 0. The molecule has 138 valence electrons. The number of likely N-dealkylation sites (tertiary alicyclic amines) is 1. The minimum Gasteiger partial charge on any atom is -0.486 e. The van der Waals surface area contributed by atoms with Gasteiger partial charge in [-0.05, 0) is 29.8 Å². The number of ketones is 1. The second-order valence-electron chi connectivity index (χ2n) is 7.06. The first-order valence-corrected chi connectivity index (χ1v) is 9.47. The molecule has 27 heavy (non-hydrogen) atoms. The quantitative estimate of drug-likeness (QED) is 0.725. The summed E-state index contributed by atoms with van der Waals surface area (Å²) in [6.45, 7) is 1.14. The van der Waals surface area contributed by atoms with Crippen LogP contribution in [0.5, 0.6) is 5.75 Å². The fourth-order valence-electron chi connectivity index (χ4n) is 3.73. The monoisotopic (exact) mass is 381 g/mol. The number of nitrogens with zero attached hydrogens (tertiary/aromatic N) is 1. The van der Waals surface area contributed by atoms with Crippen LogP contribution >= 0.6 is 11.6 Å². The van der Waals surface area contributed by atoms with E-state index in [4.69, 9.17) is 16.3 Å². The lowest BCUT2D eigenvalue weighted by atomic mass is 9.82. The molecule has 2 aromatic carbocycles. The molecule has 0 aliphatic carbocycles. The third kappa shape index (κ3) is 3.62. The molecule has 1 amide bonds. The van der Waals surface area contributed by atoms with E-state index < -0.39 is 5.60 Å². The minimum atomic E-state index is -0.491. The number of rotatable bonds is 2.